The van der Waals surface area contributed by atoms with Crippen LogP contribution >= 0.6 is 11.6 Å². The van der Waals surface area contributed by atoms with E-state index in [0.29, 0.717) is 28.7 Å². The summed E-state index contributed by atoms with van der Waals surface area (Å²) in [6.07, 6.45) is 4.27. The van der Waals surface area contributed by atoms with Crippen molar-refractivity contribution in [1.29, 1.82) is 0 Å². The Hall–Kier alpha value is -3.36. The van der Waals surface area contributed by atoms with E-state index in [9.17, 15) is 9.59 Å². The number of halogens is 1. The second-order valence-electron chi connectivity index (χ2n) is 8.01. The fraction of sp³-hybridized carbons (Fsp3) is 0.320. The number of nitrogens with one attached hydrogen (secondary N) is 2. The second-order valence-corrected chi connectivity index (χ2v) is 8.45. The molecule has 9 heteroatoms. The molecule has 0 radical (unpaired) electrons. The predicted molar refractivity (Wildman–Crippen MR) is 131 cm³/mol. The Morgan fingerprint density at radius 3 is 2.50 bits per heavy atom. The van der Waals surface area contributed by atoms with Crippen LogP contribution in [0.2, 0.25) is 5.02 Å². The van der Waals surface area contributed by atoms with E-state index >= 15 is 0 Å². The number of carbonyl (C=O) groups is 2. The highest BCUT2D eigenvalue weighted by Gasteiger charge is 2.25. The molecule has 0 aliphatic heterocycles. The van der Waals surface area contributed by atoms with Gasteiger partial charge in [0, 0.05) is 34.8 Å². The Balaban J connectivity index is 1.54. The number of nitrogens with zero attached hydrogens (tertiary/aromatic N) is 2. The van der Waals surface area contributed by atoms with Crippen LogP contribution in [0, 0.1) is 0 Å². The summed E-state index contributed by atoms with van der Waals surface area (Å²) in [4.78, 5) is 25.2. The molecule has 0 atom stereocenters. The number of carbonyl (C=O) groups excluding carboxylic acids is 2. The molecule has 1 aromatic heterocycles. The quantitative estimate of drug-likeness (QED) is 0.354. The summed E-state index contributed by atoms with van der Waals surface area (Å²) in [5.74, 6) is -0.286. The van der Waals surface area contributed by atoms with Gasteiger partial charge in [0.05, 0.1) is 12.3 Å². The summed E-state index contributed by atoms with van der Waals surface area (Å²) in [6.45, 7) is 0.469. The van der Waals surface area contributed by atoms with Gasteiger partial charge in [-0.1, -0.05) is 24.1 Å². The maximum Gasteiger partial charge on any atom is 0.411 e. The molecule has 0 saturated carbocycles. The van der Waals surface area contributed by atoms with Gasteiger partial charge in [-0.3, -0.25) is 10.1 Å². The number of hydrogen-bond donors (Lipinski definition) is 2. The first-order valence-electron chi connectivity index (χ1n) is 11.3. The minimum Gasteiger partial charge on any atom is -0.447 e. The smallest absolute Gasteiger partial charge is 0.411 e. The summed E-state index contributed by atoms with van der Waals surface area (Å²) in [5, 5.41) is 10.9. The molecular formula is C25H27ClN4O4. The van der Waals surface area contributed by atoms with Crippen LogP contribution in [0.3, 0.4) is 0 Å². The molecule has 3 aromatic rings. The third kappa shape index (κ3) is 5.76. The monoisotopic (exact) mass is 482 g/mol. The molecule has 34 heavy (non-hydrogen) atoms. The van der Waals surface area contributed by atoms with E-state index in [1.807, 2.05) is 28.9 Å². The van der Waals surface area contributed by atoms with Gasteiger partial charge in [-0.25, -0.2) is 9.48 Å². The standard InChI is InChI=1S/C25H27ClN4O4/c1-33-14-15-34-25(32)28-19-7-5-6-18(16-19)27-24(31)23-21-8-3-2-4-9-22(21)30(29-23)20-12-10-17(26)11-13-20/h5-7,10-13,16H,2-4,8-9,14-15H2,1H3,(H,27,31)(H,28,32). The Labute approximate surface area is 203 Å². The fourth-order valence-corrected chi connectivity index (χ4v) is 4.12. The summed E-state index contributed by atoms with van der Waals surface area (Å²) >= 11 is 6.06. The molecule has 1 aliphatic rings. The lowest BCUT2D eigenvalue weighted by molar-refractivity contribution is 0.102. The number of anilines is 2. The van der Waals surface area contributed by atoms with Crippen molar-refractivity contribution in [3.8, 4) is 5.69 Å². The lowest BCUT2D eigenvalue weighted by atomic mass is 10.1. The Kier molecular flexibility index (Phi) is 7.82. The molecule has 2 N–H and O–H groups in total. The lowest BCUT2D eigenvalue weighted by Crippen LogP contribution is -2.17. The third-order valence-corrected chi connectivity index (χ3v) is 5.86. The van der Waals surface area contributed by atoms with Crippen molar-refractivity contribution in [2.45, 2.75) is 32.1 Å². The summed E-state index contributed by atoms with van der Waals surface area (Å²) in [7, 11) is 1.53. The second kappa shape index (κ2) is 11.2. The minimum atomic E-state index is -0.590. The normalized spacial score (nSPS) is 13.0. The Morgan fingerprint density at radius 1 is 1.00 bits per heavy atom. The van der Waals surface area contributed by atoms with Gasteiger partial charge < -0.3 is 14.8 Å². The number of aromatic nitrogens is 2. The number of ether oxygens (including phenoxy) is 2. The average molecular weight is 483 g/mol. The van der Waals surface area contributed by atoms with Crippen LogP contribution in [0.4, 0.5) is 16.2 Å². The van der Waals surface area contributed by atoms with Gasteiger partial charge in [0.2, 0.25) is 0 Å². The van der Waals surface area contributed by atoms with Crippen LogP contribution in [0.25, 0.3) is 5.69 Å². The van der Waals surface area contributed by atoms with Gasteiger partial charge in [0.25, 0.3) is 5.91 Å². The zero-order valence-corrected chi connectivity index (χ0v) is 19.7. The molecule has 2 amide bonds. The molecule has 0 spiro atoms. The van der Waals surface area contributed by atoms with E-state index < -0.39 is 6.09 Å². The maximum atomic E-state index is 13.3. The molecule has 2 aromatic carbocycles. The number of benzene rings is 2. The summed E-state index contributed by atoms with van der Waals surface area (Å²) in [5.41, 5.74) is 4.40. The summed E-state index contributed by atoms with van der Waals surface area (Å²) in [6, 6.07) is 14.3. The number of methoxy groups -OCH3 is 1. The lowest BCUT2D eigenvalue weighted by Gasteiger charge is -2.09. The van der Waals surface area contributed by atoms with E-state index in [-0.39, 0.29) is 12.5 Å². The number of hydrogen-bond acceptors (Lipinski definition) is 5. The van der Waals surface area contributed by atoms with Gasteiger partial charge in [-0.15, -0.1) is 0 Å². The molecule has 1 heterocycles. The highest BCUT2D eigenvalue weighted by atomic mass is 35.5. The molecule has 178 valence electrons. The van der Waals surface area contributed by atoms with Crippen molar-refractivity contribution in [1.82, 2.24) is 9.78 Å². The predicted octanol–water partition coefficient (Wildman–Crippen LogP) is 5.24. The van der Waals surface area contributed by atoms with Crippen LogP contribution in [0.15, 0.2) is 48.5 Å². The maximum absolute atomic E-state index is 13.3. The molecular weight excluding hydrogens is 456 g/mol. The van der Waals surface area contributed by atoms with E-state index in [0.717, 1.165) is 49.0 Å². The van der Waals surface area contributed by atoms with Crippen molar-refractivity contribution in [3.05, 3.63) is 70.5 Å². The molecule has 0 unspecified atom stereocenters. The van der Waals surface area contributed by atoms with Crippen LogP contribution in [-0.4, -0.2) is 42.1 Å². The number of rotatable bonds is 7. The first-order chi connectivity index (χ1) is 16.5. The van der Waals surface area contributed by atoms with Crippen molar-refractivity contribution in [3.63, 3.8) is 0 Å². The minimum absolute atomic E-state index is 0.153. The number of fused-ring (bicyclic) bond motifs is 1. The number of amides is 2. The zero-order valence-electron chi connectivity index (χ0n) is 19.0. The molecule has 0 saturated heterocycles. The Morgan fingerprint density at radius 2 is 1.74 bits per heavy atom. The Bertz CT molecular complexity index is 1160. The highest BCUT2D eigenvalue weighted by molar-refractivity contribution is 6.30. The first kappa shape index (κ1) is 23.8. The van der Waals surface area contributed by atoms with E-state index in [1.54, 1.807) is 24.3 Å². The first-order valence-corrected chi connectivity index (χ1v) is 11.6. The van der Waals surface area contributed by atoms with Crippen LogP contribution in [0.5, 0.6) is 0 Å². The van der Waals surface area contributed by atoms with Crippen molar-refractivity contribution in [2.75, 3.05) is 31.0 Å². The van der Waals surface area contributed by atoms with Gasteiger partial charge in [0.1, 0.15) is 6.61 Å². The zero-order chi connectivity index (χ0) is 23.9. The molecule has 0 fully saturated rings. The fourth-order valence-electron chi connectivity index (χ4n) is 3.99. The van der Waals surface area contributed by atoms with E-state index in [1.165, 1.54) is 7.11 Å². The molecule has 0 bridgehead atoms. The van der Waals surface area contributed by atoms with Gasteiger partial charge in [-0.2, -0.15) is 5.10 Å². The van der Waals surface area contributed by atoms with Crippen LogP contribution in [0.1, 0.15) is 41.0 Å². The molecule has 8 nitrogen and oxygen atoms in total. The van der Waals surface area contributed by atoms with E-state index in [2.05, 4.69) is 10.6 Å². The topological polar surface area (TPSA) is 94.5 Å². The van der Waals surface area contributed by atoms with Crippen LogP contribution < -0.4 is 10.6 Å². The van der Waals surface area contributed by atoms with Crippen molar-refractivity contribution in [2.24, 2.45) is 0 Å². The average Bonchev–Trinajstić information content (AvgIpc) is 3.01. The van der Waals surface area contributed by atoms with Gasteiger partial charge >= 0.3 is 6.09 Å². The van der Waals surface area contributed by atoms with Crippen molar-refractivity contribution < 1.29 is 19.1 Å². The van der Waals surface area contributed by atoms with Crippen LogP contribution in [-0.2, 0) is 22.3 Å². The van der Waals surface area contributed by atoms with Gasteiger partial charge in [-0.05, 0) is 68.1 Å². The van der Waals surface area contributed by atoms with Crippen molar-refractivity contribution >= 4 is 35.0 Å². The van der Waals surface area contributed by atoms with E-state index in [4.69, 9.17) is 26.2 Å². The highest BCUT2D eigenvalue weighted by Crippen LogP contribution is 2.28. The molecule has 4 rings (SSSR count). The third-order valence-electron chi connectivity index (χ3n) is 5.60. The largest absolute Gasteiger partial charge is 0.447 e. The SMILES string of the molecule is COCCOC(=O)Nc1cccc(NC(=O)c2nn(-c3ccc(Cl)cc3)c3c2CCCCC3)c1. The summed E-state index contributed by atoms with van der Waals surface area (Å²) < 4.78 is 11.7. The van der Waals surface area contributed by atoms with Gasteiger partial charge in [0.15, 0.2) is 5.69 Å². The molecule has 1 aliphatic carbocycles.